The number of fused-ring (bicyclic) bond motifs is 1. The van der Waals surface area contributed by atoms with E-state index in [0.717, 1.165) is 28.0 Å². The third-order valence-corrected chi connectivity index (χ3v) is 4.26. The SMILES string of the molecule is Cc1ccc2[nH]c(-c3cc(C)c(O)c(N(C)C)c3)c(C)c2c1. The van der Waals surface area contributed by atoms with Crippen molar-refractivity contribution < 1.29 is 5.11 Å². The molecule has 0 saturated heterocycles. The first kappa shape index (κ1) is 14.5. The lowest BCUT2D eigenvalue weighted by Crippen LogP contribution is -2.09. The van der Waals surface area contributed by atoms with Crippen molar-refractivity contribution in [2.24, 2.45) is 0 Å². The number of nitrogens with zero attached hydrogens (tertiary/aromatic N) is 1. The zero-order chi connectivity index (χ0) is 16.0. The van der Waals surface area contributed by atoms with E-state index < -0.39 is 0 Å². The van der Waals surface area contributed by atoms with Crippen LogP contribution in [0, 0.1) is 20.8 Å². The number of benzene rings is 2. The predicted molar refractivity (Wildman–Crippen MR) is 93.9 cm³/mol. The number of hydrogen-bond donors (Lipinski definition) is 2. The molecule has 0 aliphatic rings. The number of aryl methyl sites for hydroxylation is 3. The highest BCUT2D eigenvalue weighted by atomic mass is 16.3. The lowest BCUT2D eigenvalue weighted by atomic mass is 10.0. The van der Waals surface area contributed by atoms with Crippen molar-refractivity contribution in [1.82, 2.24) is 4.98 Å². The number of anilines is 1. The number of phenolic OH excluding ortho intramolecular Hbond substituents is 1. The minimum atomic E-state index is 0.346. The quantitative estimate of drug-likeness (QED) is 0.728. The van der Waals surface area contributed by atoms with Gasteiger partial charge in [0, 0.05) is 36.3 Å². The molecule has 3 heteroatoms. The fourth-order valence-electron chi connectivity index (χ4n) is 2.98. The fourth-order valence-corrected chi connectivity index (χ4v) is 2.98. The molecule has 0 bridgehead atoms. The van der Waals surface area contributed by atoms with E-state index in [9.17, 15) is 5.11 Å². The molecule has 22 heavy (non-hydrogen) atoms. The molecule has 0 amide bonds. The number of rotatable bonds is 2. The molecule has 0 radical (unpaired) electrons. The van der Waals surface area contributed by atoms with E-state index >= 15 is 0 Å². The maximum Gasteiger partial charge on any atom is 0.141 e. The first-order valence-electron chi connectivity index (χ1n) is 7.48. The second-order valence-electron chi connectivity index (χ2n) is 6.23. The molecular formula is C19H22N2O. The highest BCUT2D eigenvalue weighted by Gasteiger charge is 2.14. The molecule has 2 N–H and O–H groups in total. The van der Waals surface area contributed by atoms with Crippen molar-refractivity contribution in [2.45, 2.75) is 20.8 Å². The van der Waals surface area contributed by atoms with Crippen molar-refractivity contribution in [3.63, 3.8) is 0 Å². The van der Waals surface area contributed by atoms with Gasteiger partial charge < -0.3 is 15.0 Å². The van der Waals surface area contributed by atoms with Crippen LogP contribution in [-0.2, 0) is 0 Å². The normalized spacial score (nSPS) is 11.1. The van der Waals surface area contributed by atoms with Gasteiger partial charge in [-0.25, -0.2) is 0 Å². The van der Waals surface area contributed by atoms with Crippen LogP contribution in [0.15, 0.2) is 30.3 Å². The van der Waals surface area contributed by atoms with Gasteiger partial charge in [-0.15, -0.1) is 0 Å². The second-order valence-corrected chi connectivity index (χ2v) is 6.23. The number of H-pyrrole nitrogens is 1. The van der Waals surface area contributed by atoms with Gasteiger partial charge in [-0.3, -0.25) is 0 Å². The minimum Gasteiger partial charge on any atom is -0.505 e. The third kappa shape index (κ3) is 2.23. The van der Waals surface area contributed by atoms with E-state index in [1.54, 1.807) is 0 Å². The van der Waals surface area contributed by atoms with Crippen LogP contribution >= 0.6 is 0 Å². The number of aromatic hydroxyl groups is 1. The molecule has 1 aromatic heterocycles. The molecule has 0 atom stereocenters. The number of hydrogen-bond acceptors (Lipinski definition) is 2. The van der Waals surface area contributed by atoms with Crippen LogP contribution in [0.2, 0.25) is 0 Å². The van der Waals surface area contributed by atoms with Crippen LogP contribution < -0.4 is 4.90 Å². The summed E-state index contributed by atoms with van der Waals surface area (Å²) in [6.07, 6.45) is 0. The molecule has 0 spiro atoms. The van der Waals surface area contributed by atoms with Crippen LogP contribution in [0.3, 0.4) is 0 Å². The Kier molecular flexibility index (Phi) is 3.36. The molecule has 0 fully saturated rings. The molecule has 1 heterocycles. The van der Waals surface area contributed by atoms with Crippen LogP contribution in [0.4, 0.5) is 5.69 Å². The zero-order valence-electron chi connectivity index (χ0n) is 13.8. The summed E-state index contributed by atoms with van der Waals surface area (Å²) >= 11 is 0. The standard InChI is InChI=1S/C19H22N2O/c1-11-6-7-16-15(8-11)13(3)18(20-16)14-9-12(2)19(22)17(10-14)21(4)5/h6-10,20,22H,1-5H3. The summed E-state index contributed by atoms with van der Waals surface area (Å²) in [4.78, 5) is 5.46. The molecule has 0 aliphatic heterocycles. The lowest BCUT2D eigenvalue weighted by Gasteiger charge is -2.17. The van der Waals surface area contributed by atoms with Crippen LogP contribution in [0.1, 0.15) is 16.7 Å². The van der Waals surface area contributed by atoms with Crippen molar-refractivity contribution in [3.05, 3.63) is 47.0 Å². The maximum absolute atomic E-state index is 10.2. The van der Waals surface area contributed by atoms with Gasteiger partial charge in [-0.05, 0) is 56.2 Å². The Morgan fingerprint density at radius 2 is 1.73 bits per heavy atom. The van der Waals surface area contributed by atoms with E-state index in [-0.39, 0.29) is 0 Å². The van der Waals surface area contributed by atoms with Gasteiger partial charge in [0.1, 0.15) is 5.75 Å². The topological polar surface area (TPSA) is 39.3 Å². The Balaban J connectivity index is 2.25. The summed E-state index contributed by atoms with van der Waals surface area (Å²) < 4.78 is 0. The first-order chi connectivity index (χ1) is 10.4. The van der Waals surface area contributed by atoms with E-state index in [1.807, 2.05) is 38.1 Å². The highest BCUT2D eigenvalue weighted by molar-refractivity contribution is 5.91. The second kappa shape index (κ2) is 5.09. The third-order valence-electron chi connectivity index (χ3n) is 4.26. The maximum atomic E-state index is 10.2. The molecule has 3 aromatic rings. The molecule has 0 unspecified atom stereocenters. The number of nitrogens with one attached hydrogen (secondary N) is 1. The van der Waals surface area contributed by atoms with Crippen LogP contribution in [-0.4, -0.2) is 24.2 Å². The van der Waals surface area contributed by atoms with E-state index in [1.165, 1.54) is 16.5 Å². The Labute approximate surface area is 131 Å². The first-order valence-corrected chi connectivity index (χ1v) is 7.48. The fraction of sp³-hybridized carbons (Fsp3) is 0.263. The van der Waals surface area contributed by atoms with Gasteiger partial charge in [0.2, 0.25) is 0 Å². The predicted octanol–water partition coefficient (Wildman–Crippen LogP) is 4.53. The molecule has 0 saturated carbocycles. The Bertz CT molecular complexity index is 859. The number of phenols is 1. The monoisotopic (exact) mass is 294 g/mol. The number of aromatic amines is 1. The lowest BCUT2D eigenvalue weighted by molar-refractivity contribution is 0.471. The van der Waals surface area contributed by atoms with Gasteiger partial charge in [-0.1, -0.05) is 11.6 Å². The van der Waals surface area contributed by atoms with Crippen molar-refractivity contribution in [3.8, 4) is 17.0 Å². The summed E-state index contributed by atoms with van der Waals surface area (Å²) in [6, 6.07) is 10.5. The zero-order valence-corrected chi connectivity index (χ0v) is 13.8. The molecule has 3 nitrogen and oxygen atoms in total. The summed E-state index contributed by atoms with van der Waals surface area (Å²) in [5.41, 5.74) is 7.59. The smallest absolute Gasteiger partial charge is 0.141 e. The van der Waals surface area contributed by atoms with Crippen LogP contribution in [0.25, 0.3) is 22.2 Å². The van der Waals surface area contributed by atoms with Crippen molar-refractivity contribution in [1.29, 1.82) is 0 Å². The van der Waals surface area contributed by atoms with E-state index in [0.29, 0.717) is 5.75 Å². The minimum absolute atomic E-state index is 0.346. The average Bonchev–Trinajstić information content (AvgIpc) is 2.78. The molecule has 3 rings (SSSR count). The summed E-state index contributed by atoms with van der Waals surface area (Å²) in [5, 5.41) is 11.5. The Morgan fingerprint density at radius 3 is 2.41 bits per heavy atom. The van der Waals surface area contributed by atoms with Gasteiger partial charge in [-0.2, -0.15) is 0 Å². The molecular weight excluding hydrogens is 272 g/mol. The van der Waals surface area contributed by atoms with Crippen LogP contribution in [0.5, 0.6) is 5.75 Å². The van der Waals surface area contributed by atoms with Gasteiger partial charge >= 0.3 is 0 Å². The Hall–Kier alpha value is -2.42. The molecule has 0 aliphatic carbocycles. The average molecular weight is 294 g/mol. The molecule has 2 aromatic carbocycles. The van der Waals surface area contributed by atoms with E-state index in [4.69, 9.17) is 0 Å². The summed E-state index contributed by atoms with van der Waals surface area (Å²) in [6.45, 7) is 6.19. The summed E-state index contributed by atoms with van der Waals surface area (Å²) in [7, 11) is 3.89. The van der Waals surface area contributed by atoms with Gasteiger partial charge in [0.15, 0.2) is 0 Å². The van der Waals surface area contributed by atoms with E-state index in [2.05, 4.69) is 37.0 Å². The van der Waals surface area contributed by atoms with Crippen molar-refractivity contribution >= 4 is 16.6 Å². The largest absolute Gasteiger partial charge is 0.505 e. The van der Waals surface area contributed by atoms with Crippen molar-refractivity contribution in [2.75, 3.05) is 19.0 Å². The molecule has 114 valence electrons. The highest BCUT2D eigenvalue weighted by Crippen LogP contribution is 2.37. The summed E-state index contributed by atoms with van der Waals surface area (Å²) in [5.74, 6) is 0.346. The Morgan fingerprint density at radius 1 is 1.00 bits per heavy atom. The van der Waals surface area contributed by atoms with Gasteiger partial charge in [0.05, 0.1) is 5.69 Å². The van der Waals surface area contributed by atoms with Gasteiger partial charge in [0.25, 0.3) is 0 Å². The number of aromatic nitrogens is 1.